The van der Waals surface area contributed by atoms with Gasteiger partial charge in [-0.05, 0) is 24.6 Å². The Kier molecular flexibility index (Phi) is 2.37. The third kappa shape index (κ3) is 1.91. The lowest BCUT2D eigenvalue weighted by molar-refractivity contribution is 0.703. The molecule has 3 heteroatoms. The lowest BCUT2D eigenvalue weighted by Gasteiger charge is -2.03. The molecular formula is C14H13N3. The van der Waals surface area contributed by atoms with Gasteiger partial charge >= 0.3 is 0 Å². The van der Waals surface area contributed by atoms with Crippen LogP contribution in [0.3, 0.4) is 0 Å². The van der Waals surface area contributed by atoms with E-state index in [1.807, 2.05) is 42.1 Å². The Balaban J connectivity index is 2.03. The summed E-state index contributed by atoms with van der Waals surface area (Å²) in [5, 5.41) is 5.48. The van der Waals surface area contributed by atoms with E-state index in [4.69, 9.17) is 0 Å². The molecule has 0 bridgehead atoms. The molecule has 0 radical (unpaired) electrons. The summed E-state index contributed by atoms with van der Waals surface area (Å²) in [4.78, 5) is 4.53. The molecule has 0 aliphatic heterocycles. The van der Waals surface area contributed by atoms with Crippen LogP contribution in [0.1, 0.15) is 11.3 Å². The summed E-state index contributed by atoms with van der Waals surface area (Å²) in [6.07, 6.45) is 1.87. The van der Waals surface area contributed by atoms with E-state index in [0.29, 0.717) is 0 Å². The summed E-state index contributed by atoms with van der Waals surface area (Å²) in [5.74, 6) is 0. The first-order valence-corrected chi connectivity index (χ1v) is 5.66. The van der Waals surface area contributed by atoms with Gasteiger partial charge in [-0.15, -0.1) is 0 Å². The van der Waals surface area contributed by atoms with Crippen molar-refractivity contribution in [2.75, 3.05) is 0 Å². The first-order valence-electron chi connectivity index (χ1n) is 5.66. The second kappa shape index (κ2) is 4.01. The minimum Gasteiger partial charge on any atom is -0.243 e. The molecular weight excluding hydrogens is 210 g/mol. The highest BCUT2D eigenvalue weighted by Crippen LogP contribution is 2.13. The maximum Gasteiger partial charge on any atom is 0.158 e. The maximum absolute atomic E-state index is 4.53. The van der Waals surface area contributed by atoms with E-state index >= 15 is 0 Å². The number of aryl methyl sites for hydroxylation is 1. The molecule has 0 saturated heterocycles. The Morgan fingerprint density at radius 3 is 2.71 bits per heavy atom. The number of hydrogen-bond donors (Lipinski definition) is 0. The number of benzene rings is 1. The van der Waals surface area contributed by atoms with Crippen molar-refractivity contribution in [1.82, 2.24) is 14.8 Å². The predicted molar refractivity (Wildman–Crippen MR) is 67.8 cm³/mol. The van der Waals surface area contributed by atoms with E-state index in [2.05, 4.69) is 28.3 Å². The third-order valence-electron chi connectivity index (χ3n) is 2.80. The minimum absolute atomic E-state index is 0.765. The van der Waals surface area contributed by atoms with Gasteiger partial charge in [-0.3, -0.25) is 0 Å². The molecule has 0 spiro atoms. The molecule has 0 N–H and O–H groups in total. The monoisotopic (exact) mass is 223 g/mol. The van der Waals surface area contributed by atoms with Crippen LogP contribution in [0.5, 0.6) is 0 Å². The Hall–Kier alpha value is -2.16. The Labute approximate surface area is 99.7 Å². The fourth-order valence-electron chi connectivity index (χ4n) is 1.92. The molecule has 3 aromatic rings. The number of pyridine rings is 1. The summed E-state index contributed by atoms with van der Waals surface area (Å²) in [7, 11) is 0. The van der Waals surface area contributed by atoms with Crippen LogP contribution in [0.25, 0.3) is 11.0 Å². The summed E-state index contributed by atoms with van der Waals surface area (Å²) < 4.78 is 1.94. The molecule has 0 amide bonds. The van der Waals surface area contributed by atoms with Gasteiger partial charge in [-0.25, -0.2) is 9.67 Å². The summed E-state index contributed by atoms with van der Waals surface area (Å²) in [5.41, 5.74) is 3.21. The maximum atomic E-state index is 4.53. The van der Waals surface area contributed by atoms with E-state index < -0.39 is 0 Å². The van der Waals surface area contributed by atoms with Crippen molar-refractivity contribution in [3.63, 3.8) is 0 Å². The zero-order chi connectivity index (χ0) is 11.7. The highest BCUT2D eigenvalue weighted by atomic mass is 15.3. The molecule has 2 heterocycles. The average molecular weight is 223 g/mol. The molecule has 0 atom stereocenters. The van der Waals surface area contributed by atoms with Crippen LogP contribution in [-0.2, 0) is 6.54 Å². The lowest BCUT2D eigenvalue weighted by atomic mass is 10.2. The number of hydrogen-bond acceptors (Lipinski definition) is 2. The molecule has 17 heavy (non-hydrogen) atoms. The van der Waals surface area contributed by atoms with E-state index in [9.17, 15) is 0 Å². The van der Waals surface area contributed by atoms with Crippen molar-refractivity contribution in [2.24, 2.45) is 0 Å². The molecule has 0 fully saturated rings. The normalized spacial score (nSPS) is 10.9. The highest BCUT2D eigenvalue weighted by molar-refractivity contribution is 5.74. The number of rotatable bonds is 2. The Bertz CT molecular complexity index is 641. The molecule has 3 rings (SSSR count). The van der Waals surface area contributed by atoms with Crippen molar-refractivity contribution in [3.8, 4) is 0 Å². The summed E-state index contributed by atoms with van der Waals surface area (Å²) >= 11 is 0. The second-order valence-corrected chi connectivity index (χ2v) is 4.15. The van der Waals surface area contributed by atoms with Gasteiger partial charge in [0.25, 0.3) is 0 Å². The van der Waals surface area contributed by atoms with E-state index in [0.717, 1.165) is 23.3 Å². The molecule has 0 aliphatic carbocycles. The molecule has 84 valence electrons. The summed E-state index contributed by atoms with van der Waals surface area (Å²) in [6, 6.07) is 14.4. The van der Waals surface area contributed by atoms with Crippen molar-refractivity contribution in [2.45, 2.75) is 13.5 Å². The van der Waals surface area contributed by atoms with Crippen molar-refractivity contribution < 1.29 is 0 Å². The first kappa shape index (κ1) is 10.0. The van der Waals surface area contributed by atoms with Crippen LogP contribution < -0.4 is 0 Å². The van der Waals surface area contributed by atoms with Crippen molar-refractivity contribution in [3.05, 3.63) is 59.9 Å². The molecule has 1 aromatic carbocycles. The number of aromatic nitrogens is 3. The van der Waals surface area contributed by atoms with Crippen LogP contribution in [-0.4, -0.2) is 14.8 Å². The Morgan fingerprint density at radius 1 is 1.06 bits per heavy atom. The van der Waals surface area contributed by atoms with E-state index in [1.165, 1.54) is 5.56 Å². The SMILES string of the molecule is Cc1ccc2cnn(Cc3ccccc3)c2n1. The van der Waals surface area contributed by atoms with Crippen LogP contribution in [0.15, 0.2) is 48.7 Å². The largest absolute Gasteiger partial charge is 0.243 e. The van der Waals surface area contributed by atoms with Gasteiger partial charge in [-0.1, -0.05) is 30.3 Å². The quantitative estimate of drug-likeness (QED) is 0.668. The van der Waals surface area contributed by atoms with Crippen LogP contribution in [0.2, 0.25) is 0 Å². The van der Waals surface area contributed by atoms with Gasteiger partial charge in [0.2, 0.25) is 0 Å². The van der Waals surface area contributed by atoms with Crippen LogP contribution >= 0.6 is 0 Å². The third-order valence-corrected chi connectivity index (χ3v) is 2.80. The topological polar surface area (TPSA) is 30.7 Å². The number of fused-ring (bicyclic) bond motifs is 1. The molecule has 0 unspecified atom stereocenters. The first-order chi connectivity index (χ1) is 8.33. The highest BCUT2D eigenvalue weighted by Gasteiger charge is 2.04. The van der Waals surface area contributed by atoms with Crippen LogP contribution in [0.4, 0.5) is 0 Å². The molecule has 2 aromatic heterocycles. The van der Waals surface area contributed by atoms with Crippen molar-refractivity contribution in [1.29, 1.82) is 0 Å². The standard InChI is InChI=1S/C14H13N3/c1-11-7-8-13-9-15-17(14(13)16-11)10-12-5-3-2-4-6-12/h2-9H,10H2,1H3. The minimum atomic E-state index is 0.765. The molecule has 3 nitrogen and oxygen atoms in total. The van der Waals surface area contributed by atoms with Crippen LogP contribution in [0, 0.1) is 6.92 Å². The molecule has 0 aliphatic rings. The fraction of sp³-hybridized carbons (Fsp3) is 0.143. The van der Waals surface area contributed by atoms with Gasteiger partial charge in [0.1, 0.15) is 0 Å². The zero-order valence-corrected chi connectivity index (χ0v) is 9.67. The zero-order valence-electron chi connectivity index (χ0n) is 9.67. The lowest BCUT2D eigenvalue weighted by Crippen LogP contribution is -2.02. The van der Waals surface area contributed by atoms with Gasteiger partial charge in [-0.2, -0.15) is 5.10 Å². The van der Waals surface area contributed by atoms with Gasteiger partial charge < -0.3 is 0 Å². The van der Waals surface area contributed by atoms with E-state index in [-0.39, 0.29) is 0 Å². The Morgan fingerprint density at radius 2 is 1.88 bits per heavy atom. The van der Waals surface area contributed by atoms with Crippen molar-refractivity contribution >= 4 is 11.0 Å². The van der Waals surface area contributed by atoms with E-state index in [1.54, 1.807) is 0 Å². The fourth-order valence-corrected chi connectivity index (χ4v) is 1.92. The smallest absolute Gasteiger partial charge is 0.158 e. The summed E-state index contributed by atoms with van der Waals surface area (Å²) in [6.45, 7) is 2.76. The number of nitrogens with zero attached hydrogens (tertiary/aromatic N) is 3. The second-order valence-electron chi connectivity index (χ2n) is 4.15. The van der Waals surface area contributed by atoms with Gasteiger partial charge in [0.05, 0.1) is 12.7 Å². The average Bonchev–Trinajstić information content (AvgIpc) is 2.73. The van der Waals surface area contributed by atoms with Gasteiger partial charge in [0, 0.05) is 11.1 Å². The molecule has 0 saturated carbocycles. The van der Waals surface area contributed by atoms with Gasteiger partial charge in [0.15, 0.2) is 5.65 Å². The predicted octanol–water partition coefficient (Wildman–Crippen LogP) is 2.79.